The van der Waals surface area contributed by atoms with E-state index < -0.39 is 0 Å². The molecule has 1 atom stereocenters. The molecule has 1 unspecified atom stereocenters. The van der Waals surface area contributed by atoms with Crippen molar-refractivity contribution in [1.29, 1.82) is 0 Å². The van der Waals surface area contributed by atoms with E-state index in [1.54, 1.807) is 6.07 Å². The molecule has 2 aromatic rings. The summed E-state index contributed by atoms with van der Waals surface area (Å²) in [6, 6.07) is 7.18. The maximum atomic E-state index is 12.9. The van der Waals surface area contributed by atoms with Gasteiger partial charge in [0.1, 0.15) is 5.82 Å². The molecule has 1 aliphatic carbocycles. The van der Waals surface area contributed by atoms with E-state index in [4.69, 9.17) is 4.98 Å². The van der Waals surface area contributed by atoms with E-state index in [1.807, 2.05) is 23.1 Å². The molecular formula is C20H26N4O3. The number of benzene rings is 1. The van der Waals surface area contributed by atoms with Crippen molar-refractivity contribution in [3.8, 4) is 0 Å². The number of para-hydroxylation sites is 1. The van der Waals surface area contributed by atoms with E-state index in [0.29, 0.717) is 23.3 Å². The monoisotopic (exact) mass is 370 g/mol. The number of aliphatic hydroxyl groups excluding tert-OH is 1. The molecule has 1 saturated heterocycles. The van der Waals surface area contributed by atoms with Crippen LogP contribution in [0.15, 0.2) is 29.1 Å². The second kappa shape index (κ2) is 7.68. The van der Waals surface area contributed by atoms with Gasteiger partial charge in [-0.1, -0.05) is 25.0 Å². The Labute approximate surface area is 158 Å². The van der Waals surface area contributed by atoms with E-state index in [2.05, 4.69) is 5.32 Å². The minimum atomic E-state index is -0.241. The second-order valence-corrected chi connectivity index (χ2v) is 7.45. The topological polar surface area (TPSA) is 87.5 Å². The summed E-state index contributed by atoms with van der Waals surface area (Å²) < 4.78 is 1.54. The minimum Gasteiger partial charge on any atom is -0.395 e. The van der Waals surface area contributed by atoms with Crippen molar-refractivity contribution in [3.05, 3.63) is 40.4 Å². The van der Waals surface area contributed by atoms with Gasteiger partial charge in [-0.2, -0.15) is 0 Å². The molecule has 2 fully saturated rings. The Morgan fingerprint density at radius 1 is 1.19 bits per heavy atom. The Balaban J connectivity index is 1.70. The van der Waals surface area contributed by atoms with Gasteiger partial charge in [0, 0.05) is 12.6 Å². The number of nitrogens with one attached hydrogen (secondary N) is 1. The molecule has 144 valence electrons. The lowest BCUT2D eigenvalue weighted by atomic mass is 10.1. The maximum absolute atomic E-state index is 12.9. The highest BCUT2D eigenvalue weighted by Crippen LogP contribution is 2.31. The van der Waals surface area contributed by atoms with Crippen molar-refractivity contribution in [1.82, 2.24) is 19.8 Å². The highest BCUT2D eigenvalue weighted by Gasteiger charge is 2.34. The van der Waals surface area contributed by atoms with Gasteiger partial charge in [0.15, 0.2) is 0 Å². The average molecular weight is 370 g/mol. The molecule has 0 radical (unpaired) electrons. The lowest BCUT2D eigenvalue weighted by Crippen LogP contribution is -2.44. The van der Waals surface area contributed by atoms with E-state index in [-0.39, 0.29) is 36.8 Å². The molecule has 2 amide bonds. The van der Waals surface area contributed by atoms with Gasteiger partial charge in [0.2, 0.25) is 0 Å². The van der Waals surface area contributed by atoms with Gasteiger partial charge in [0.05, 0.1) is 30.1 Å². The minimum absolute atomic E-state index is 0.0673. The van der Waals surface area contributed by atoms with Crippen molar-refractivity contribution >= 4 is 16.9 Å². The lowest BCUT2D eigenvalue weighted by molar-refractivity contribution is 0.184. The molecule has 1 aliphatic heterocycles. The van der Waals surface area contributed by atoms with Crippen LogP contribution in [0.4, 0.5) is 4.79 Å². The number of likely N-dealkylation sites (tertiary alicyclic amines) is 1. The molecule has 7 heteroatoms. The smallest absolute Gasteiger partial charge is 0.318 e. The molecule has 27 heavy (non-hydrogen) atoms. The van der Waals surface area contributed by atoms with Crippen LogP contribution in [-0.4, -0.2) is 44.8 Å². The molecule has 2 heterocycles. The number of nitrogens with zero attached hydrogens (tertiary/aromatic N) is 3. The molecule has 0 spiro atoms. The molecule has 2 N–H and O–H groups in total. The Morgan fingerprint density at radius 3 is 2.74 bits per heavy atom. The number of hydrogen-bond donors (Lipinski definition) is 2. The molecule has 4 rings (SSSR count). The third-order valence-electron chi connectivity index (χ3n) is 5.71. The first-order valence-electron chi connectivity index (χ1n) is 9.86. The number of hydrogen-bond acceptors (Lipinski definition) is 4. The molecular weight excluding hydrogens is 344 g/mol. The van der Waals surface area contributed by atoms with Crippen LogP contribution in [0.3, 0.4) is 0 Å². The zero-order valence-corrected chi connectivity index (χ0v) is 15.4. The Morgan fingerprint density at radius 2 is 1.96 bits per heavy atom. The first kappa shape index (κ1) is 18.0. The SMILES string of the molecule is O=C(NC1CCCC1)N1CCCC1c1nc2ccccc2c(=O)n1CCO. The number of aliphatic hydroxyl groups is 1. The third kappa shape index (κ3) is 3.43. The lowest BCUT2D eigenvalue weighted by Gasteiger charge is -2.28. The highest BCUT2D eigenvalue weighted by atomic mass is 16.3. The third-order valence-corrected chi connectivity index (χ3v) is 5.71. The molecule has 1 aromatic carbocycles. The standard InChI is InChI=1S/C20H26N4O3/c25-13-12-24-18(22-16-9-4-3-8-15(16)19(24)26)17-10-5-11-23(17)20(27)21-14-6-1-2-7-14/h3-4,8-9,14,17,25H,1-2,5-7,10-13H2,(H,21,27). The average Bonchev–Trinajstić information content (AvgIpc) is 3.35. The number of carbonyl (C=O) groups is 1. The summed E-state index contributed by atoms with van der Waals surface area (Å²) in [5, 5.41) is 13.2. The van der Waals surface area contributed by atoms with Crippen LogP contribution in [0.25, 0.3) is 10.9 Å². The van der Waals surface area contributed by atoms with Gasteiger partial charge in [-0.3, -0.25) is 9.36 Å². The van der Waals surface area contributed by atoms with E-state index >= 15 is 0 Å². The van der Waals surface area contributed by atoms with Crippen molar-refractivity contribution in [2.24, 2.45) is 0 Å². The number of fused-ring (bicyclic) bond motifs is 1. The number of aromatic nitrogens is 2. The largest absolute Gasteiger partial charge is 0.395 e. The van der Waals surface area contributed by atoms with E-state index in [9.17, 15) is 14.7 Å². The Hall–Kier alpha value is -2.41. The summed E-state index contributed by atoms with van der Waals surface area (Å²) in [7, 11) is 0. The fourth-order valence-electron chi connectivity index (χ4n) is 4.36. The quantitative estimate of drug-likeness (QED) is 0.864. The summed E-state index contributed by atoms with van der Waals surface area (Å²) in [6.07, 6.45) is 6.05. The number of rotatable bonds is 4. The van der Waals surface area contributed by atoms with Gasteiger partial charge < -0.3 is 15.3 Å². The highest BCUT2D eigenvalue weighted by molar-refractivity contribution is 5.78. The first-order chi connectivity index (χ1) is 13.2. The summed E-state index contributed by atoms with van der Waals surface area (Å²) >= 11 is 0. The number of carbonyl (C=O) groups excluding carboxylic acids is 1. The Kier molecular flexibility index (Phi) is 5.11. The van der Waals surface area contributed by atoms with Gasteiger partial charge >= 0.3 is 6.03 Å². The summed E-state index contributed by atoms with van der Waals surface area (Å²) in [5.41, 5.74) is 0.474. The van der Waals surface area contributed by atoms with Gasteiger partial charge in [-0.25, -0.2) is 9.78 Å². The molecule has 7 nitrogen and oxygen atoms in total. The van der Waals surface area contributed by atoms with Crippen molar-refractivity contribution in [3.63, 3.8) is 0 Å². The molecule has 0 bridgehead atoms. The van der Waals surface area contributed by atoms with E-state index in [1.165, 1.54) is 4.57 Å². The van der Waals surface area contributed by atoms with Crippen LogP contribution in [0, 0.1) is 0 Å². The van der Waals surface area contributed by atoms with Gasteiger partial charge in [0.25, 0.3) is 5.56 Å². The zero-order valence-electron chi connectivity index (χ0n) is 15.4. The van der Waals surface area contributed by atoms with Gasteiger partial charge in [-0.05, 0) is 37.8 Å². The first-order valence-corrected chi connectivity index (χ1v) is 9.86. The predicted molar refractivity (Wildman–Crippen MR) is 103 cm³/mol. The normalized spacial score (nSPS) is 20.5. The summed E-state index contributed by atoms with van der Waals surface area (Å²) in [4.78, 5) is 32.3. The van der Waals surface area contributed by atoms with Crippen molar-refractivity contribution in [2.45, 2.75) is 57.2 Å². The fraction of sp³-hybridized carbons (Fsp3) is 0.550. The Bertz CT molecular complexity index is 888. The summed E-state index contributed by atoms with van der Waals surface area (Å²) in [6.45, 7) is 0.694. The molecule has 2 aliphatic rings. The molecule has 1 aromatic heterocycles. The van der Waals surface area contributed by atoms with Crippen LogP contribution < -0.4 is 10.9 Å². The van der Waals surface area contributed by atoms with Crippen molar-refractivity contribution in [2.75, 3.05) is 13.2 Å². The van der Waals surface area contributed by atoms with Crippen LogP contribution >= 0.6 is 0 Å². The molecule has 1 saturated carbocycles. The van der Waals surface area contributed by atoms with Gasteiger partial charge in [-0.15, -0.1) is 0 Å². The number of amides is 2. The van der Waals surface area contributed by atoms with Crippen LogP contribution in [0.2, 0.25) is 0 Å². The predicted octanol–water partition coefficient (Wildman–Crippen LogP) is 2.18. The zero-order chi connectivity index (χ0) is 18.8. The van der Waals surface area contributed by atoms with Crippen LogP contribution in [-0.2, 0) is 6.54 Å². The summed E-state index contributed by atoms with van der Waals surface area (Å²) in [5.74, 6) is 0.576. The van der Waals surface area contributed by atoms with Crippen molar-refractivity contribution < 1.29 is 9.90 Å². The van der Waals surface area contributed by atoms with E-state index in [0.717, 1.165) is 38.5 Å². The van der Waals surface area contributed by atoms with Crippen LogP contribution in [0.5, 0.6) is 0 Å². The van der Waals surface area contributed by atoms with Crippen LogP contribution in [0.1, 0.15) is 50.4 Å². The number of urea groups is 1. The fourth-order valence-corrected chi connectivity index (χ4v) is 4.36. The second-order valence-electron chi connectivity index (χ2n) is 7.45. The maximum Gasteiger partial charge on any atom is 0.318 e.